The zero-order valence-corrected chi connectivity index (χ0v) is 24.8. The monoisotopic (exact) mass is 574 g/mol. The Morgan fingerprint density at radius 2 is 0.905 bits per heavy atom. The van der Waals surface area contributed by atoms with Crippen LogP contribution >= 0.6 is 0 Å². The minimum absolute atomic E-state index is 0.309. The molecular weight excluding hydrogens is 536 g/mol. The Labute approximate surface area is 246 Å². The van der Waals surface area contributed by atoms with Gasteiger partial charge in [0, 0.05) is 47.0 Å². The smallest absolute Gasteiger partial charge is 0.303 e. The molecule has 222 valence electrons. The highest BCUT2D eigenvalue weighted by Crippen LogP contribution is 2.28. The Kier molecular flexibility index (Phi) is 11.8. The van der Waals surface area contributed by atoms with E-state index < -0.39 is 12.2 Å². The van der Waals surface area contributed by atoms with Crippen molar-refractivity contribution in [1.82, 2.24) is 0 Å². The molecule has 0 N–H and O–H groups in total. The third-order valence-electron chi connectivity index (χ3n) is 6.65. The van der Waals surface area contributed by atoms with Gasteiger partial charge >= 0.3 is 23.9 Å². The lowest BCUT2D eigenvalue weighted by Crippen LogP contribution is -2.13. The first-order valence-electron chi connectivity index (χ1n) is 13.9. The molecule has 8 nitrogen and oxygen atoms in total. The number of carbonyl (C=O) groups excluding carboxylic acids is 4. The van der Waals surface area contributed by atoms with E-state index in [-0.39, 0.29) is 30.0 Å². The molecule has 0 aromatic heterocycles. The molecule has 0 saturated carbocycles. The molecule has 0 aliphatic carbocycles. The molecule has 8 heteroatoms. The lowest BCUT2D eigenvalue weighted by atomic mass is 9.96. The van der Waals surface area contributed by atoms with E-state index in [1.165, 1.54) is 27.7 Å². The summed E-state index contributed by atoms with van der Waals surface area (Å²) in [4.78, 5) is 46.0. The summed E-state index contributed by atoms with van der Waals surface area (Å²) in [6.45, 7) is 7.65. The predicted octanol–water partition coefficient (Wildman–Crippen LogP) is 6.11. The van der Waals surface area contributed by atoms with Gasteiger partial charge in [0.2, 0.25) is 0 Å². The highest BCUT2D eigenvalue weighted by molar-refractivity contribution is 5.67. The topological polar surface area (TPSA) is 105 Å². The number of benzene rings is 3. The third kappa shape index (κ3) is 10.5. The summed E-state index contributed by atoms with van der Waals surface area (Å²) in [6, 6.07) is 23.1. The molecule has 42 heavy (non-hydrogen) atoms. The predicted molar refractivity (Wildman–Crippen MR) is 156 cm³/mol. The van der Waals surface area contributed by atoms with Crippen molar-refractivity contribution in [3.8, 4) is 0 Å². The van der Waals surface area contributed by atoms with E-state index in [2.05, 4.69) is 0 Å². The number of ether oxygens (including phenoxy) is 4. The zero-order chi connectivity index (χ0) is 30.6. The lowest BCUT2D eigenvalue weighted by Gasteiger charge is -2.20. The maximum Gasteiger partial charge on any atom is 0.303 e. The molecule has 0 aliphatic rings. The maximum absolute atomic E-state index is 11.9. The summed E-state index contributed by atoms with van der Waals surface area (Å²) in [5.74, 6) is -1.41. The van der Waals surface area contributed by atoms with E-state index in [0.717, 1.165) is 33.4 Å². The summed E-state index contributed by atoms with van der Waals surface area (Å²) in [5.41, 5.74) is 5.50. The Hall–Kier alpha value is -4.46. The molecule has 3 rings (SSSR count). The molecule has 3 atom stereocenters. The second kappa shape index (κ2) is 15.5. The number of hydrogen-bond donors (Lipinski definition) is 0. The van der Waals surface area contributed by atoms with Crippen LogP contribution in [0.15, 0.2) is 72.8 Å². The molecule has 0 heterocycles. The molecule has 0 radical (unpaired) electrons. The van der Waals surface area contributed by atoms with Crippen LogP contribution in [0.2, 0.25) is 0 Å². The second-order valence-electron chi connectivity index (χ2n) is 10.2. The van der Waals surface area contributed by atoms with E-state index in [1.54, 1.807) is 0 Å². The maximum atomic E-state index is 11.9. The van der Waals surface area contributed by atoms with Crippen molar-refractivity contribution in [2.45, 2.75) is 72.2 Å². The largest absolute Gasteiger partial charge is 0.466 e. The average Bonchev–Trinajstić information content (AvgIpc) is 2.92. The Bertz CT molecular complexity index is 1340. The van der Waals surface area contributed by atoms with Crippen LogP contribution in [0.1, 0.15) is 86.3 Å². The second-order valence-corrected chi connectivity index (χ2v) is 10.2. The van der Waals surface area contributed by atoms with Gasteiger partial charge in [0.15, 0.2) is 0 Å². The molecule has 3 aromatic carbocycles. The Balaban J connectivity index is 1.71. The summed E-state index contributed by atoms with van der Waals surface area (Å²) in [5, 5.41) is 0. The molecule has 0 amide bonds. The summed E-state index contributed by atoms with van der Waals surface area (Å²) in [7, 11) is 0. The van der Waals surface area contributed by atoms with Gasteiger partial charge in [0.05, 0.1) is 6.61 Å². The van der Waals surface area contributed by atoms with Gasteiger partial charge in [-0.2, -0.15) is 0 Å². The van der Waals surface area contributed by atoms with Crippen LogP contribution in [0.3, 0.4) is 0 Å². The van der Waals surface area contributed by atoms with Crippen molar-refractivity contribution in [3.63, 3.8) is 0 Å². The third-order valence-corrected chi connectivity index (χ3v) is 6.65. The summed E-state index contributed by atoms with van der Waals surface area (Å²) < 4.78 is 21.6. The number of rotatable bonds is 13. The van der Waals surface area contributed by atoms with Gasteiger partial charge in [-0.3, -0.25) is 19.2 Å². The highest BCUT2D eigenvalue weighted by Gasteiger charge is 2.19. The molecule has 3 unspecified atom stereocenters. The number of esters is 4. The average molecular weight is 575 g/mol. The van der Waals surface area contributed by atoms with Crippen LogP contribution in [0.5, 0.6) is 0 Å². The van der Waals surface area contributed by atoms with E-state index >= 15 is 0 Å². The van der Waals surface area contributed by atoms with Crippen LogP contribution in [0.4, 0.5) is 0 Å². The molecule has 0 saturated heterocycles. The standard InChI is InChI=1S/C34H38O8/c1-22(40-24(3)36)30-12-8-28(9-13-30)20-34(42-26(5)38)32-16-10-29(11-17-32)21-33(41-25(4)37)31-14-6-27(7-15-31)18-19-39-23(2)35/h6-17,22,33-34H,18-21H2,1-5H3. The summed E-state index contributed by atoms with van der Waals surface area (Å²) >= 11 is 0. The lowest BCUT2D eigenvalue weighted by molar-refractivity contribution is -0.147. The van der Waals surface area contributed by atoms with Gasteiger partial charge in [-0.15, -0.1) is 0 Å². The molecule has 0 spiro atoms. The fourth-order valence-electron chi connectivity index (χ4n) is 4.61. The number of hydrogen-bond acceptors (Lipinski definition) is 8. The van der Waals surface area contributed by atoms with Gasteiger partial charge < -0.3 is 18.9 Å². The fraction of sp³-hybridized carbons (Fsp3) is 0.353. The van der Waals surface area contributed by atoms with Crippen molar-refractivity contribution >= 4 is 23.9 Å². The molecular formula is C34H38O8. The first kappa shape index (κ1) is 32.1. The Morgan fingerprint density at radius 3 is 1.29 bits per heavy atom. The SMILES string of the molecule is CC(=O)OCCc1ccc(C(Cc2ccc(C(Cc3ccc(C(C)OC(C)=O)cc3)OC(C)=O)cc2)OC(C)=O)cc1. The van der Waals surface area contributed by atoms with Crippen LogP contribution in [-0.2, 0) is 57.4 Å². The van der Waals surface area contributed by atoms with Crippen LogP contribution in [-0.4, -0.2) is 30.5 Å². The summed E-state index contributed by atoms with van der Waals surface area (Å²) in [6.07, 6.45) is 0.216. The van der Waals surface area contributed by atoms with E-state index in [9.17, 15) is 19.2 Å². The molecule has 0 fully saturated rings. The molecule has 0 aliphatic heterocycles. The van der Waals surface area contributed by atoms with E-state index in [0.29, 0.717) is 25.9 Å². The van der Waals surface area contributed by atoms with Crippen molar-refractivity contribution in [1.29, 1.82) is 0 Å². The van der Waals surface area contributed by atoms with Gasteiger partial charge in [-0.05, 0) is 40.3 Å². The highest BCUT2D eigenvalue weighted by atomic mass is 16.6. The van der Waals surface area contributed by atoms with Gasteiger partial charge in [-0.1, -0.05) is 72.8 Å². The van der Waals surface area contributed by atoms with Gasteiger partial charge in [0.1, 0.15) is 18.3 Å². The molecule has 3 aromatic rings. The van der Waals surface area contributed by atoms with Crippen molar-refractivity contribution in [2.24, 2.45) is 0 Å². The van der Waals surface area contributed by atoms with Crippen LogP contribution in [0, 0.1) is 0 Å². The normalized spacial score (nSPS) is 12.9. The molecule has 0 bridgehead atoms. The van der Waals surface area contributed by atoms with Crippen LogP contribution < -0.4 is 0 Å². The fourth-order valence-corrected chi connectivity index (χ4v) is 4.61. The quantitative estimate of drug-likeness (QED) is 0.178. The minimum Gasteiger partial charge on any atom is -0.466 e. The van der Waals surface area contributed by atoms with Crippen molar-refractivity contribution in [2.75, 3.05) is 6.61 Å². The number of carbonyl (C=O) groups is 4. The van der Waals surface area contributed by atoms with Gasteiger partial charge in [0.25, 0.3) is 0 Å². The first-order valence-corrected chi connectivity index (χ1v) is 13.9. The zero-order valence-electron chi connectivity index (χ0n) is 24.8. The van der Waals surface area contributed by atoms with Crippen molar-refractivity contribution < 1.29 is 38.1 Å². The van der Waals surface area contributed by atoms with Crippen LogP contribution in [0.25, 0.3) is 0 Å². The van der Waals surface area contributed by atoms with E-state index in [4.69, 9.17) is 18.9 Å². The first-order chi connectivity index (χ1) is 20.0. The van der Waals surface area contributed by atoms with E-state index in [1.807, 2.05) is 79.7 Å². The minimum atomic E-state index is -0.489. The van der Waals surface area contributed by atoms with Gasteiger partial charge in [-0.25, -0.2) is 0 Å². The van der Waals surface area contributed by atoms with Crippen molar-refractivity contribution in [3.05, 3.63) is 106 Å². The Morgan fingerprint density at radius 1 is 0.524 bits per heavy atom.